The Balaban J connectivity index is 2.39. The number of hydrogen-bond donors (Lipinski definition) is 2. The van der Waals surface area contributed by atoms with Crippen molar-refractivity contribution in [1.82, 2.24) is 19.6 Å². The fraction of sp³-hybridized carbons (Fsp3) is 0.538. The molecule has 0 spiro atoms. The molecule has 0 unspecified atom stereocenters. The van der Waals surface area contributed by atoms with Crippen molar-refractivity contribution in [3.63, 3.8) is 0 Å². The van der Waals surface area contributed by atoms with Gasteiger partial charge in [0, 0.05) is 18.4 Å². The highest BCUT2D eigenvalue weighted by Gasteiger charge is 2.13. The molecule has 2 aromatic rings. The van der Waals surface area contributed by atoms with Crippen molar-refractivity contribution in [2.24, 2.45) is 5.92 Å². The van der Waals surface area contributed by atoms with E-state index in [1.165, 1.54) is 10.6 Å². The van der Waals surface area contributed by atoms with Crippen LogP contribution in [0.1, 0.15) is 39.4 Å². The lowest BCUT2D eigenvalue weighted by Gasteiger charge is -2.07. The highest BCUT2D eigenvalue weighted by Crippen LogP contribution is 2.09. The lowest BCUT2D eigenvalue weighted by Crippen LogP contribution is -2.22. The Kier molecular flexibility index (Phi) is 4.16. The highest BCUT2D eigenvalue weighted by molar-refractivity contribution is 5.91. The van der Waals surface area contributed by atoms with Crippen molar-refractivity contribution in [2.75, 3.05) is 5.32 Å². The SMILES string of the molecule is CCCCc1nc2[nH]c(=O)cc(NC(=O)C(C)C)n2n1. The van der Waals surface area contributed by atoms with Crippen LogP contribution in [0, 0.1) is 5.92 Å². The molecule has 0 atom stereocenters. The molecular formula is C13H19N5O2. The maximum atomic E-state index is 11.8. The quantitative estimate of drug-likeness (QED) is 0.863. The molecule has 2 rings (SSSR count). The number of aromatic amines is 1. The molecule has 0 saturated carbocycles. The number of carbonyl (C=O) groups is 1. The number of nitrogens with zero attached hydrogens (tertiary/aromatic N) is 3. The fourth-order valence-electron chi connectivity index (χ4n) is 1.74. The van der Waals surface area contributed by atoms with E-state index in [9.17, 15) is 9.59 Å². The molecule has 7 nitrogen and oxygen atoms in total. The number of aryl methyl sites for hydroxylation is 1. The lowest BCUT2D eigenvalue weighted by molar-refractivity contribution is -0.118. The summed E-state index contributed by atoms with van der Waals surface area (Å²) in [7, 11) is 0. The fourth-order valence-corrected chi connectivity index (χ4v) is 1.74. The summed E-state index contributed by atoms with van der Waals surface area (Å²) in [5.41, 5.74) is -0.314. The monoisotopic (exact) mass is 277 g/mol. The lowest BCUT2D eigenvalue weighted by atomic mass is 10.2. The van der Waals surface area contributed by atoms with Gasteiger partial charge in [0.1, 0.15) is 5.82 Å². The van der Waals surface area contributed by atoms with Crippen molar-refractivity contribution >= 4 is 17.5 Å². The Morgan fingerprint density at radius 3 is 2.90 bits per heavy atom. The minimum Gasteiger partial charge on any atom is -0.310 e. The van der Waals surface area contributed by atoms with Crippen molar-refractivity contribution in [1.29, 1.82) is 0 Å². The first-order valence-corrected chi connectivity index (χ1v) is 6.81. The van der Waals surface area contributed by atoms with Gasteiger partial charge >= 0.3 is 0 Å². The van der Waals surface area contributed by atoms with Gasteiger partial charge in [-0.2, -0.15) is 9.50 Å². The first-order chi connectivity index (χ1) is 9.51. The first-order valence-electron chi connectivity index (χ1n) is 6.81. The van der Waals surface area contributed by atoms with Gasteiger partial charge < -0.3 is 5.32 Å². The molecule has 1 amide bonds. The Labute approximate surface area is 116 Å². The standard InChI is InChI=1S/C13H19N5O2/c1-4-5-6-9-14-13-16-11(19)7-10(18(13)17-9)15-12(20)8(2)3/h7-8H,4-6H2,1-3H3,(H,15,20)(H,14,16,17,19). The number of unbranched alkanes of at least 4 members (excludes halogenated alkanes) is 1. The van der Waals surface area contributed by atoms with E-state index in [2.05, 4.69) is 27.3 Å². The zero-order valence-corrected chi connectivity index (χ0v) is 11.9. The summed E-state index contributed by atoms with van der Waals surface area (Å²) >= 11 is 0. The topological polar surface area (TPSA) is 92.1 Å². The first kappa shape index (κ1) is 14.2. The van der Waals surface area contributed by atoms with Crippen molar-refractivity contribution in [2.45, 2.75) is 40.0 Å². The highest BCUT2D eigenvalue weighted by atomic mass is 16.2. The Morgan fingerprint density at radius 1 is 1.50 bits per heavy atom. The summed E-state index contributed by atoms with van der Waals surface area (Å²) in [6, 6.07) is 1.31. The average molecular weight is 277 g/mol. The van der Waals surface area contributed by atoms with Crippen LogP contribution in [0.2, 0.25) is 0 Å². The van der Waals surface area contributed by atoms with Crippen LogP contribution in [-0.2, 0) is 11.2 Å². The molecule has 2 aromatic heterocycles. The largest absolute Gasteiger partial charge is 0.310 e. The van der Waals surface area contributed by atoms with Crippen molar-refractivity contribution in [3.8, 4) is 0 Å². The molecular weight excluding hydrogens is 258 g/mol. The molecule has 2 heterocycles. The van der Waals surface area contributed by atoms with E-state index < -0.39 is 0 Å². The van der Waals surface area contributed by atoms with Gasteiger partial charge in [0.05, 0.1) is 0 Å². The number of amides is 1. The zero-order valence-electron chi connectivity index (χ0n) is 11.9. The number of nitrogens with one attached hydrogen (secondary N) is 2. The van der Waals surface area contributed by atoms with E-state index in [1.54, 1.807) is 13.8 Å². The zero-order chi connectivity index (χ0) is 14.7. The third-order valence-electron chi connectivity index (χ3n) is 2.91. The Morgan fingerprint density at radius 2 is 2.25 bits per heavy atom. The number of carbonyl (C=O) groups excluding carboxylic acids is 1. The Hall–Kier alpha value is -2.18. The van der Waals surface area contributed by atoms with Crippen LogP contribution in [0.5, 0.6) is 0 Å². The average Bonchev–Trinajstić information content (AvgIpc) is 2.78. The van der Waals surface area contributed by atoms with E-state index in [0.29, 0.717) is 17.4 Å². The van der Waals surface area contributed by atoms with Gasteiger partial charge in [-0.1, -0.05) is 27.2 Å². The van der Waals surface area contributed by atoms with Gasteiger partial charge in [-0.15, -0.1) is 5.10 Å². The molecule has 20 heavy (non-hydrogen) atoms. The summed E-state index contributed by atoms with van der Waals surface area (Å²) in [4.78, 5) is 30.2. The molecule has 0 aliphatic carbocycles. The number of anilines is 1. The van der Waals surface area contributed by atoms with Crippen LogP contribution >= 0.6 is 0 Å². The molecule has 0 aliphatic rings. The van der Waals surface area contributed by atoms with Gasteiger partial charge in [-0.05, 0) is 6.42 Å². The second kappa shape index (κ2) is 5.85. The van der Waals surface area contributed by atoms with E-state index in [4.69, 9.17) is 0 Å². The second-order valence-corrected chi connectivity index (χ2v) is 5.03. The molecule has 0 radical (unpaired) electrons. The summed E-state index contributed by atoms with van der Waals surface area (Å²) < 4.78 is 1.46. The smallest absolute Gasteiger partial charge is 0.254 e. The van der Waals surface area contributed by atoms with Crippen LogP contribution in [0.15, 0.2) is 10.9 Å². The van der Waals surface area contributed by atoms with Crippen molar-refractivity contribution < 1.29 is 4.79 Å². The van der Waals surface area contributed by atoms with Gasteiger partial charge in [-0.3, -0.25) is 14.6 Å². The Bertz CT molecular complexity index is 671. The summed E-state index contributed by atoms with van der Waals surface area (Å²) in [5.74, 6) is 1.02. The minimum atomic E-state index is -0.314. The molecule has 108 valence electrons. The van der Waals surface area contributed by atoms with Crippen molar-refractivity contribution in [3.05, 3.63) is 22.2 Å². The normalized spacial score (nSPS) is 11.2. The minimum absolute atomic E-state index is 0.164. The van der Waals surface area contributed by atoms with E-state index in [-0.39, 0.29) is 17.4 Å². The van der Waals surface area contributed by atoms with Gasteiger partial charge in [0.25, 0.3) is 5.56 Å². The number of hydrogen-bond acceptors (Lipinski definition) is 4. The van der Waals surface area contributed by atoms with E-state index in [1.807, 2.05) is 0 Å². The number of rotatable bonds is 5. The maximum absolute atomic E-state index is 11.8. The van der Waals surface area contributed by atoms with Crippen LogP contribution in [-0.4, -0.2) is 25.5 Å². The molecule has 2 N–H and O–H groups in total. The summed E-state index contributed by atoms with van der Waals surface area (Å²) in [6.07, 6.45) is 2.77. The van der Waals surface area contributed by atoms with Gasteiger partial charge in [0.2, 0.25) is 11.7 Å². The summed E-state index contributed by atoms with van der Waals surface area (Å²) in [5, 5.41) is 7.02. The molecule has 7 heteroatoms. The summed E-state index contributed by atoms with van der Waals surface area (Å²) in [6.45, 7) is 5.66. The van der Waals surface area contributed by atoms with Crippen LogP contribution in [0.4, 0.5) is 5.82 Å². The predicted octanol–water partition coefficient (Wildman–Crippen LogP) is 1.35. The second-order valence-electron chi connectivity index (χ2n) is 5.03. The van der Waals surface area contributed by atoms with E-state index in [0.717, 1.165) is 19.3 Å². The molecule has 0 aliphatic heterocycles. The third kappa shape index (κ3) is 3.04. The number of aromatic nitrogens is 4. The number of fused-ring (bicyclic) bond motifs is 1. The number of H-pyrrole nitrogens is 1. The molecule has 0 aromatic carbocycles. The maximum Gasteiger partial charge on any atom is 0.254 e. The molecule has 0 bridgehead atoms. The van der Waals surface area contributed by atoms with E-state index >= 15 is 0 Å². The van der Waals surface area contributed by atoms with Gasteiger partial charge in [0.15, 0.2) is 5.82 Å². The molecule has 0 saturated heterocycles. The predicted molar refractivity (Wildman–Crippen MR) is 75.7 cm³/mol. The molecule has 0 fully saturated rings. The van der Waals surface area contributed by atoms with Crippen LogP contribution < -0.4 is 10.9 Å². The van der Waals surface area contributed by atoms with Crippen LogP contribution in [0.3, 0.4) is 0 Å². The van der Waals surface area contributed by atoms with Gasteiger partial charge in [-0.25, -0.2) is 0 Å². The third-order valence-corrected chi connectivity index (χ3v) is 2.91. The van der Waals surface area contributed by atoms with Crippen LogP contribution in [0.25, 0.3) is 5.78 Å².